The quantitative estimate of drug-likeness (QED) is 0.703. The van der Waals surface area contributed by atoms with E-state index in [4.69, 9.17) is 0 Å². The fourth-order valence-electron chi connectivity index (χ4n) is 2.91. The molecule has 11 heteroatoms. The summed E-state index contributed by atoms with van der Waals surface area (Å²) >= 11 is 0. The molecule has 2 aromatic carbocycles. The van der Waals surface area contributed by atoms with Crippen LogP contribution in [0.3, 0.4) is 0 Å². The van der Waals surface area contributed by atoms with E-state index in [1.54, 1.807) is 6.92 Å². The topological polar surface area (TPSA) is 127 Å². The summed E-state index contributed by atoms with van der Waals surface area (Å²) in [4.78, 5) is 23.5. The molecule has 0 radical (unpaired) electrons. The zero-order valence-electron chi connectivity index (χ0n) is 15.6. The Kier molecular flexibility index (Phi) is 5.37. The Bertz CT molecular complexity index is 1200. The Morgan fingerprint density at radius 3 is 2.52 bits per heavy atom. The number of carbonyl (C=O) groups is 2. The number of amides is 1. The number of methoxy groups -OCH3 is 1. The number of hydrogen-bond donors (Lipinski definition) is 1. The average Bonchev–Trinajstić information content (AvgIpc) is 2.94. The van der Waals surface area contributed by atoms with E-state index in [1.165, 1.54) is 43.5 Å². The van der Waals surface area contributed by atoms with Crippen LogP contribution in [0.15, 0.2) is 47.4 Å². The van der Waals surface area contributed by atoms with Crippen molar-refractivity contribution in [3.8, 4) is 0 Å². The van der Waals surface area contributed by atoms with E-state index in [9.17, 15) is 26.4 Å². The largest absolute Gasteiger partial charge is 0.465 e. The number of hydrogen-bond acceptors (Lipinski definition) is 7. The molecule has 1 aliphatic heterocycles. The highest BCUT2D eigenvalue weighted by molar-refractivity contribution is 7.94. The van der Waals surface area contributed by atoms with Crippen LogP contribution >= 0.6 is 0 Å². The van der Waals surface area contributed by atoms with Crippen LogP contribution in [0.4, 0.5) is 11.4 Å². The second kappa shape index (κ2) is 7.48. The van der Waals surface area contributed by atoms with Crippen molar-refractivity contribution in [1.82, 2.24) is 0 Å². The highest BCUT2D eigenvalue weighted by atomic mass is 32.2. The summed E-state index contributed by atoms with van der Waals surface area (Å²) < 4.78 is 57.7. The third-order valence-corrected chi connectivity index (χ3v) is 7.52. The third kappa shape index (κ3) is 4.10. The molecule has 1 saturated heterocycles. The molecule has 0 aromatic heterocycles. The first-order chi connectivity index (χ1) is 13.5. The van der Waals surface area contributed by atoms with E-state index in [2.05, 4.69) is 9.46 Å². The van der Waals surface area contributed by atoms with Gasteiger partial charge in [-0.1, -0.05) is 12.1 Å². The summed E-state index contributed by atoms with van der Waals surface area (Å²) in [6.45, 7) is 1.55. The zero-order valence-corrected chi connectivity index (χ0v) is 17.2. The second-order valence-electron chi connectivity index (χ2n) is 6.35. The summed E-state index contributed by atoms with van der Waals surface area (Å²) in [7, 11) is -6.75. The van der Waals surface area contributed by atoms with Crippen LogP contribution in [0.25, 0.3) is 0 Å². The fraction of sp³-hybridized carbons (Fsp3) is 0.222. The molecule has 1 N–H and O–H groups in total. The Morgan fingerprint density at radius 1 is 1.17 bits per heavy atom. The minimum Gasteiger partial charge on any atom is -0.465 e. The van der Waals surface area contributed by atoms with Gasteiger partial charge in [-0.2, -0.15) is 0 Å². The van der Waals surface area contributed by atoms with Crippen LogP contribution in [0.5, 0.6) is 0 Å². The molecule has 154 valence electrons. The summed E-state index contributed by atoms with van der Waals surface area (Å²) in [5.74, 6) is -1.56. The van der Waals surface area contributed by atoms with Crippen LogP contribution in [-0.4, -0.2) is 41.6 Å². The van der Waals surface area contributed by atoms with Gasteiger partial charge in [-0.15, -0.1) is 0 Å². The van der Waals surface area contributed by atoms with Gasteiger partial charge in [0.1, 0.15) is 0 Å². The number of anilines is 2. The van der Waals surface area contributed by atoms with Gasteiger partial charge >= 0.3 is 5.97 Å². The normalized spacial score (nSPS) is 15.9. The molecule has 1 aliphatic rings. The smallest absolute Gasteiger partial charge is 0.337 e. The zero-order chi connectivity index (χ0) is 21.4. The first-order valence-electron chi connectivity index (χ1n) is 8.43. The highest BCUT2D eigenvalue weighted by Crippen LogP contribution is 2.30. The van der Waals surface area contributed by atoms with Gasteiger partial charge in [0, 0.05) is 12.1 Å². The van der Waals surface area contributed by atoms with Gasteiger partial charge in [0.2, 0.25) is 15.9 Å². The summed E-state index contributed by atoms with van der Waals surface area (Å²) in [5.41, 5.74) is 0.603. The number of rotatable bonds is 5. The molecule has 29 heavy (non-hydrogen) atoms. The molecular formula is C18H18N2O7S2. The van der Waals surface area contributed by atoms with Gasteiger partial charge in [-0.25, -0.2) is 25.9 Å². The van der Waals surface area contributed by atoms with Crippen molar-refractivity contribution in [3.05, 3.63) is 53.6 Å². The third-order valence-electron chi connectivity index (χ3n) is 4.31. The molecule has 9 nitrogen and oxygen atoms in total. The molecule has 0 saturated carbocycles. The lowest BCUT2D eigenvalue weighted by Crippen LogP contribution is -2.29. The predicted octanol–water partition coefficient (Wildman–Crippen LogP) is 1.65. The molecular weight excluding hydrogens is 420 g/mol. The first-order valence-corrected chi connectivity index (χ1v) is 11.5. The SMILES string of the molecule is COC(=O)c1cccc(NS(=O)(=O)c2cc(N3C(=O)CCS3(=O)=O)ccc2C)c1. The minimum absolute atomic E-state index is 0.0400. The second-order valence-corrected chi connectivity index (χ2v) is 9.94. The van der Waals surface area contributed by atoms with Gasteiger partial charge in [0.15, 0.2) is 0 Å². The van der Waals surface area contributed by atoms with E-state index in [-0.39, 0.29) is 34.0 Å². The number of aryl methyl sites for hydroxylation is 1. The van der Waals surface area contributed by atoms with Gasteiger partial charge in [0.05, 0.1) is 29.0 Å². The molecule has 0 atom stereocenters. The van der Waals surface area contributed by atoms with Crippen molar-refractivity contribution in [2.75, 3.05) is 21.9 Å². The average molecular weight is 438 g/mol. The Balaban J connectivity index is 2.00. The Hall–Kier alpha value is -2.92. The first kappa shape index (κ1) is 20.8. The van der Waals surface area contributed by atoms with Gasteiger partial charge in [-0.3, -0.25) is 9.52 Å². The maximum atomic E-state index is 12.9. The highest BCUT2D eigenvalue weighted by Gasteiger charge is 2.37. The molecule has 3 rings (SSSR count). The maximum Gasteiger partial charge on any atom is 0.337 e. The summed E-state index contributed by atoms with van der Waals surface area (Å²) in [6, 6.07) is 9.68. The van der Waals surface area contributed by atoms with Crippen molar-refractivity contribution >= 4 is 43.3 Å². The van der Waals surface area contributed by atoms with Crippen LogP contribution in [0, 0.1) is 6.92 Å². The van der Waals surface area contributed by atoms with Crippen molar-refractivity contribution in [2.45, 2.75) is 18.2 Å². The Labute approximate surface area is 168 Å². The molecule has 1 amide bonds. The van der Waals surface area contributed by atoms with E-state index >= 15 is 0 Å². The number of sulfonamides is 2. The van der Waals surface area contributed by atoms with Crippen molar-refractivity contribution in [3.63, 3.8) is 0 Å². The van der Waals surface area contributed by atoms with Crippen LogP contribution in [0.2, 0.25) is 0 Å². The molecule has 1 heterocycles. The van der Waals surface area contributed by atoms with Gasteiger partial charge < -0.3 is 4.74 Å². The molecule has 0 bridgehead atoms. The molecule has 0 unspecified atom stereocenters. The lowest BCUT2D eigenvalue weighted by Gasteiger charge is -2.17. The molecule has 1 fully saturated rings. The number of nitrogens with zero attached hydrogens (tertiary/aromatic N) is 1. The summed E-state index contributed by atoms with van der Waals surface area (Å²) in [5, 5.41) is 0. The van der Waals surface area contributed by atoms with Crippen LogP contribution < -0.4 is 9.03 Å². The number of carbonyl (C=O) groups excluding carboxylic acids is 2. The van der Waals surface area contributed by atoms with E-state index in [0.717, 1.165) is 6.07 Å². The van der Waals surface area contributed by atoms with E-state index < -0.39 is 31.9 Å². The lowest BCUT2D eigenvalue weighted by molar-refractivity contribution is -0.116. The van der Waals surface area contributed by atoms with Crippen molar-refractivity contribution in [1.29, 1.82) is 0 Å². The maximum absolute atomic E-state index is 12.9. The van der Waals surface area contributed by atoms with Gasteiger partial charge in [0.25, 0.3) is 10.0 Å². The van der Waals surface area contributed by atoms with Gasteiger partial charge in [-0.05, 0) is 42.8 Å². The monoisotopic (exact) mass is 438 g/mol. The summed E-state index contributed by atoms with van der Waals surface area (Å²) in [6.07, 6.45) is -0.156. The molecule has 2 aromatic rings. The van der Waals surface area contributed by atoms with Crippen LogP contribution in [-0.2, 0) is 29.6 Å². The number of ether oxygens (including phenoxy) is 1. The van der Waals surface area contributed by atoms with E-state index in [0.29, 0.717) is 9.87 Å². The predicted molar refractivity (Wildman–Crippen MR) is 106 cm³/mol. The van der Waals surface area contributed by atoms with Crippen molar-refractivity contribution in [2.24, 2.45) is 0 Å². The fourth-order valence-corrected chi connectivity index (χ4v) is 5.68. The number of benzene rings is 2. The standard InChI is InChI=1S/C18H18N2O7S2/c1-12-6-7-15(20-17(21)8-9-28(20,23)24)11-16(12)29(25,26)19-14-5-3-4-13(10-14)18(22)27-2/h3-7,10-11,19H,8-9H2,1-2H3. The minimum atomic E-state index is -4.13. The Morgan fingerprint density at radius 2 is 1.90 bits per heavy atom. The lowest BCUT2D eigenvalue weighted by atomic mass is 10.2. The van der Waals surface area contributed by atoms with Crippen LogP contribution in [0.1, 0.15) is 22.3 Å². The molecule has 0 aliphatic carbocycles. The van der Waals surface area contributed by atoms with E-state index in [1.807, 2.05) is 0 Å². The number of esters is 1. The number of nitrogens with one attached hydrogen (secondary N) is 1. The van der Waals surface area contributed by atoms with Crippen molar-refractivity contribution < 1.29 is 31.2 Å². The molecule has 0 spiro atoms.